The molecule has 3 atom stereocenters. The Morgan fingerprint density at radius 3 is 3.17 bits per heavy atom. The SMILES string of the molecule is O=C1CC[C@@H]2CCCC[C@@]23O[C@@H]13. The first-order valence-electron chi connectivity index (χ1n) is 5.03. The summed E-state index contributed by atoms with van der Waals surface area (Å²) in [5.41, 5.74) is 0.0631. The molecule has 1 spiro atoms. The minimum absolute atomic E-state index is 0.0246. The number of Topliss-reactive ketones (excluding diaryl/α,β-unsaturated/α-hetero) is 1. The second kappa shape index (κ2) is 2.11. The quantitative estimate of drug-likeness (QED) is 0.512. The molecule has 3 rings (SSSR count). The van der Waals surface area contributed by atoms with Crippen molar-refractivity contribution in [3.05, 3.63) is 0 Å². The van der Waals surface area contributed by atoms with Crippen LogP contribution in [-0.2, 0) is 9.53 Å². The van der Waals surface area contributed by atoms with Gasteiger partial charge < -0.3 is 4.74 Å². The molecule has 2 aliphatic carbocycles. The molecule has 2 nitrogen and oxygen atoms in total. The molecule has 1 heterocycles. The van der Waals surface area contributed by atoms with Crippen LogP contribution in [0.15, 0.2) is 0 Å². The van der Waals surface area contributed by atoms with Crippen molar-refractivity contribution in [2.24, 2.45) is 5.92 Å². The van der Waals surface area contributed by atoms with Crippen LogP contribution in [0.5, 0.6) is 0 Å². The highest BCUT2D eigenvalue weighted by atomic mass is 16.6. The first-order valence-corrected chi connectivity index (χ1v) is 5.03. The first kappa shape index (κ1) is 7.07. The van der Waals surface area contributed by atoms with Crippen molar-refractivity contribution in [1.29, 1.82) is 0 Å². The number of carbonyl (C=O) groups is 1. The summed E-state index contributed by atoms with van der Waals surface area (Å²) in [6, 6.07) is 0. The molecule has 3 aliphatic rings. The van der Waals surface area contributed by atoms with Crippen LogP contribution in [0.25, 0.3) is 0 Å². The van der Waals surface area contributed by atoms with Crippen LogP contribution < -0.4 is 0 Å². The molecule has 0 unspecified atom stereocenters. The summed E-state index contributed by atoms with van der Waals surface area (Å²) in [7, 11) is 0. The summed E-state index contributed by atoms with van der Waals surface area (Å²) in [6.45, 7) is 0. The van der Waals surface area contributed by atoms with Crippen LogP contribution in [0, 0.1) is 5.92 Å². The second-order valence-electron chi connectivity index (χ2n) is 4.40. The van der Waals surface area contributed by atoms with Crippen LogP contribution in [0.2, 0.25) is 0 Å². The van der Waals surface area contributed by atoms with Crippen molar-refractivity contribution in [3.63, 3.8) is 0 Å². The van der Waals surface area contributed by atoms with Crippen molar-refractivity contribution in [3.8, 4) is 0 Å². The predicted octanol–water partition coefficient (Wildman–Crippen LogP) is 1.68. The van der Waals surface area contributed by atoms with Gasteiger partial charge in [-0.05, 0) is 25.2 Å². The van der Waals surface area contributed by atoms with Crippen LogP contribution in [-0.4, -0.2) is 17.5 Å². The molecule has 12 heavy (non-hydrogen) atoms. The minimum atomic E-state index is 0.0246. The molecular weight excluding hydrogens is 152 g/mol. The van der Waals surface area contributed by atoms with E-state index in [-0.39, 0.29) is 11.7 Å². The van der Waals surface area contributed by atoms with Crippen molar-refractivity contribution in [2.75, 3.05) is 0 Å². The van der Waals surface area contributed by atoms with Crippen molar-refractivity contribution in [1.82, 2.24) is 0 Å². The van der Waals surface area contributed by atoms with Gasteiger partial charge in [-0.15, -0.1) is 0 Å². The highest BCUT2D eigenvalue weighted by molar-refractivity contribution is 5.88. The third kappa shape index (κ3) is 0.717. The molecule has 3 fully saturated rings. The fourth-order valence-electron chi connectivity index (χ4n) is 3.10. The largest absolute Gasteiger partial charge is 0.357 e. The molecule has 1 aliphatic heterocycles. The van der Waals surface area contributed by atoms with E-state index >= 15 is 0 Å². The molecule has 0 radical (unpaired) electrons. The molecule has 0 amide bonds. The highest BCUT2D eigenvalue weighted by Gasteiger charge is 2.66. The summed E-state index contributed by atoms with van der Waals surface area (Å²) in [4.78, 5) is 11.4. The lowest BCUT2D eigenvalue weighted by Gasteiger charge is -2.31. The fraction of sp³-hybridized carbons (Fsp3) is 0.900. The Balaban J connectivity index is 1.88. The van der Waals surface area contributed by atoms with Crippen LogP contribution in [0.4, 0.5) is 0 Å². The maximum absolute atomic E-state index is 11.4. The molecule has 0 aromatic rings. The van der Waals surface area contributed by atoms with Gasteiger partial charge in [-0.3, -0.25) is 4.79 Å². The number of hydrogen-bond donors (Lipinski definition) is 0. The normalized spacial score (nSPS) is 51.2. The van der Waals surface area contributed by atoms with Gasteiger partial charge in [-0.2, -0.15) is 0 Å². The predicted molar refractivity (Wildman–Crippen MR) is 43.8 cm³/mol. The van der Waals surface area contributed by atoms with Crippen LogP contribution in [0.1, 0.15) is 38.5 Å². The lowest BCUT2D eigenvalue weighted by Crippen LogP contribution is -2.37. The summed E-state index contributed by atoms with van der Waals surface area (Å²) >= 11 is 0. The van der Waals surface area contributed by atoms with E-state index in [9.17, 15) is 4.79 Å². The zero-order chi connectivity index (χ0) is 8.18. The number of carbonyl (C=O) groups excluding carboxylic acids is 1. The molecule has 0 N–H and O–H groups in total. The number of hydrogen-bond acceptors (Lipinski definition) is 2. The van der Waals surface area contributed by atoms with E-state index in [0.29, 0.717) is 11.7 Å². The Labute approximate surface area is 72.3 Å². The summed E-state index contributed by atoms with van der Waals surface area (Å²) < 4.78 is 5.63. The van der Waals surface area contributed by atoms with Crippen molar-refractivity contribution >= 4 is 5.78 Å². The molecular formula is C10H14O2. The number of ether oxygens (including phenoxy) is 1. The average molecular weight is 166 g/mol. The van der Waals surface area contributed by atoms with Gasteiger partial charge in [0.25, 0.3) is 0 Å². The van der Waals surface area contributed by atoms with Gasteiger partial charge in [0.05, 0.1) is 0 Å². The molecule has 66 valence electrons. The zero-order valence-electron chi connectivity index (χ0n) is 7.21. The van der Waals surface area contributed by atoms with E-state index in [1.165, 1.54) is 19.3 Å². The van der Waals surface area contributed by atoms with Gasteiger partial charge >= 0.3 is 0 Å². The Kier molecular flexibility index (Phi) is 1.24. The zero-order valence-corrected chi connectivity index (χ0v) is 7.21. The third-order valence-corrected chi connectivity index (χ3v) is 3.82. The van der Waals surface area contributed by atoms with Crippen molar-refractivity contribution < 1.29 is 9.53 Å². The Hall–Kier alpha value is -0.370. The van der Waals surface area contributed by atoms with Gasteiger partial charge in [-0.1, -0.05) is 12.8 Å². The maximum Gasteiger partial charge on any atom is 0.164 e. The molecule has 0 aromatic carbocycles. The molecule has 1 saturated heterocycles. The smallest absolute Gasteiger partial charge is 0.164 e. The number of rotatable bonds is 0. The Morgan fingerprint density at radius 1 is 1.33 bits per heavy atom. The van der Waals surface area contributed by atoms with E-state index in [2.05, 4.69) is 0 Å². The lowest BCUT2D eigenvalue weighted by atomic mass is 9.70. The van der Waals surface area contributed by atoms with E-state index in [4.69, 9.17) is 4.74 Å². The minimum Gasteiger partial charge on any atom is -0.357 e. The third-order valence-electron chi connectivity index (χ3n) is 3.82. The molecule has 2 heteroatoms. The van der Waals surface area contributed by atoms with Gasteiger partial charge in [0.15, 0.2) is 5.78 Å². The van der Waals surface area contributed by atoms with E-state index < -0.39 is 0 Å². The second-order valence-corrected chi connectivity index (χ2v) is 4.40. The molecule has 0 bridgehead atoms. The van der Waals surface area contributed by atoms with Gasteiger partial charge in [0.1, 0.15) is 11.7 Å². The Morgan fingerprint density at radius 2 is 2.25 bits per heavy atom. The van der Waals surface area contributed by atoms with E-state index in [1.54, 1.807) is 0 Å². The molecule has 0 aromatic heterocycles. The van der Waals surface area contributed by atoms with E-state index in [0.717, 1.165) is 19.3 Å². The maximum atomic E-state index is 11.4. The Bertz CT molecular complexity index is 236. The summed E-state index contributed by atoms with van der Waals surface area (Å²) in [5.74, 6) is 1.09. The van der Waals surface area contributed by atoms with Crippen molar-refractivity contribution in [2.45, 2.75) is 50.2 Å². The fourth-order valence-corrected chi connectivity index (χ4v) is 3.10. The van der Waals surface area contributed by atoms with Gasteiger partial charge in [0.2, 0.25) is 0 Å². The standard InChI is InChI=1S/C10H14O2/c11-8-5-4-7-3-1-2-6-10(7)9(8)12-10/h7,9H,1-6H2/t7-,9-,10+/m0/s1. The average Bonchev–Trinajstić information content (AvgIpc) is 2.80. The monoisotopic (exact) mass is 166 g/mol. The van der Waals surface area contributed by atoms with Gasteiger partial charge in [-0.25, -0.2) is 0 Å². The summed E-state index contributed by atoms with van der Waals surface area (Å²) in [5, 5.41) is 0. The first-order chi connectivity index (χ1) is 5.83. The van der Waals surface area contributed by atoms with E-state index in [1.807, 2.05) is 0 Å². The lowest BCUT2D eigenvalue weighted by molar-refractivity contribution is -0.121. The van der Waals surface area contributed by atoms with Crippen LogP contribution >= 0.6 is 0 Å². The number of ketones is 1. The van der Waals surface area contributed by atoms with Crippen LogP contribution in [0.3, 0.4) is 0 Å². The summed E-state index contributed by atoms with van der Waals surface area (Å²) in [6.07, 6.45) is 6.94. The molecule has 2 saturated carbocycles. The highest BCUT2D eigenvalue weighted by Crippen LogP contribution is 2.56. The van der Waals surface area contributed by atoms with Gasteiger partial charge in [0, 0.05) is 6.42 Å². The topological polar surface area (TPSA) is 29.6 Å². The number of epoxide rings is 1.